The van der Waals surface area contributed by atoms with E-state index in [1.165, 1.54) is 29.5 Å². The Morgan fingerprint density at radius 2 is 1.85 bits per heavy atom. The number of halogens is 2. The maximum Gasteiger partial charge on any atom is 0.281 e. The fraction of sp³-hybridized carbons (Fsp3) is 0.105. The molecule has 0 aliphatic heterocycles. The van der Waals surface area contributed by atoms with Crippen molar-refractivity contribution in [1.82, 2.24) is 15.8 Å². The van der Waals surface area contributed by atoms with Gasteiger partial charge in [-0.15, -0.1) is 11.3 Å². The number of nitrogens with zero attached hydrogens (tertiary/aromatic N) is 1. The van der Waals surface area contributed by atoms with Crippen LogP contribution in [0.3, 0.4) is 0 Å². The summed E-state index contributed by atoms with van der Waals surface area (Å²) in [4.78, 5) is 29.1. The maximum absolute atomic E-state index is 13.7. The van der Waals surface area contributed by atoms with Crippen LogP contribution in [-0.2, 0) is 11.2 Å². The number of nitrogens with one attached hydrogen (secondary N) is 2. The lowest BCUT2D eigenvalue weighted by atomic mass is 10.1. The molecule has 0 radical (unpaired) electrons. The first kappa shape index (κ1) is 19.0. The van der Waals surface area contributed by atoms with Crippen LogP contribution in [-0.4, -0.2) is 16.8 Å². The lowest BCUT2D eigenvalue weighted by Crippen LogP contribution is -2.42. The van der Waals surface area contributed by atoms with Crippen LogP contribution in [0.25, 0.3) is 10.6 Å². The molecule has 5 nitrogen and oxygen atoms in total. The van der Waals surface area contributed by atoms with Crippen molar-refractivity contribution in [1.29, 1.82) is 0 Å². The molecule has 0 bridgehead atoms. The summed E-state index contributed by atoms with van der Waals surface area (Å²) in [5.41, 5.74) is 6.14. The van der Waals surface area contributed by atoms with Gasteiger partial charge in [-0.2, -0.15) is 0 Å². The van der Waals surface area contributed by atoms with E-state index in [0.717, 1.165) is 5.56 Å². The average Bonchev–Trinajstić information content (AvgIpc) is 3.05. The third-order valence-corrected chi connectivity index (χ3v) is 5.30. The molecule has 0 aliphatic rings. The van der Waals surface area contributed by atoms with Crippen LogP contribution in [0, 0.1) is 12.7 Å². The Labute approximate surface area is 164 Å². The zero-order valence-corrected chi connectivity index (χ0v) is 15.8. The van der Waals surface area contributed by atoms with Gasteiger partial charge in [0.2, 0.25) is 5.91 Å². The number of amides is 2. The first-order valence-electron chi connectivity index (χ1n) is 8.00. The van der Waals surface area contributed by atoms with Crippen molar-refractivity contribution in [3.63, 3.8) is 0 Å². The van der Waals surface area contributed by atoms with Crippen molar-refractivity contribution in [2.75, 3.05) is 0 Å². The van der Waals surface area contributed by atoms with Crippen molar-refractivity contribution >= 4 is 34.8 Å². The van der Waals surface area contributed by atoms with Gasteiger partial charge in [0, 0.05) is 16.1 Å². The predicted octanol–water partition coefficient (Wildman–Crippen LogP) is 3.91. The summed E-state index contributed by atoms with van der Waals surface area (Å²) in [5.74, 6) is -1.64. The molecule has 2 amide bonds. The van der Waals surface area contributed by atoms with Gasteiger partial charge in [0.05, 0.1) is 12.1 Å². The SMILES string of the molecule is Cc1nc(-c2ccccc2)sc1C(=O)NNC(=O)Cc1c(F)cccc1Cl. The molecule has 27 heavy (non-hydrogen) atoms. The number of carbonyl (C=O) groups excluding carboxylic acids is 2. The number of aromatic nitrogens is 1. The van der Waals surface area contributed by atoms with E-state index in [-0.39, 0.29) is 17.0 Å². The van der Waals surface area contributed by atoms with Gasteiger partial charge in [-0.1, -0.05) is 48.0 Å². The topological polar surface area (TPSA) is 71.1 Å². The highest BCUT2D eigenvalue weighted by molar-refractivity contribution is 7.17. The number of rotatable bonds is 4. The fourth-order valence-corrected chi connectivity index (χ4v) is 3.60. The molecule has 138 valence electrons. The maximum atomic E-state index is 13.7. The predicted molar refractivity (Wildman–Crippen MR) is 103 cm³/mol. The minimum absolute atomic E-state index is 0.0752. The molecule has 0 saturated carbocycles. The Morgan fingerprint density at radius 3 is 2.56 bits per heavy atom. The largest absolute Gasteiger partial charge is 0.281 e. The quantitative estimate of drug-likeness (QED) is 0.649. The fourth-order valence-electron chi connectivity index (χ4n) is 2.40. The van der Waals surface area contributed by atoms with E-state index in [1.807, 2.05) is 30.3 Å². The lowest BCUT2D eigenvalue weighted by molar-refractivity contribution is -0.121. The summed E-state index contributed by atoms with van der Waals surface area (Å²) in [7, 11) is 0. The molecule has 2 N–H and O–H groups in total. The van der Waals surface area contributed by atoms with Crippen molar-refractivity contribution in [3.8, 4) is 10.6 Å². The van der Waals surface area contributed by atoms with E-state index in [9.17, 15) is 14.0 Å². The van der Waals surface area contributed by atoms with Crippen LogP contribution < -0.4 is 10.9 Å². The van der Waals surface area contributed by atoms with Gasteiger partial charge in [-0.3, -0.25) is 20.4 Å². The second-order valence-corrected chi connectivity index (χ2v) is 7.09. The van der Waals surface area contributed by atoms with Crippen molar-refractivity contribution in [3.05, 3.63) is 75.5 Å². The van der Waals surface area contributed by atoms with E-state index < -0.39 is 17.6 Å². The van der Waals surface area contributed by atoms with Gasteiger partial charge in [-0.25, -0.2) is 9.37 Å². The minimum atomic E-state index is -0.583. The second kappa shape index (κ2) is 8.28. The molecular formula is C19H15ClFN3O2S. The smallest absolute Gasteiger partial charge is 0.273 e. The van der Waals surface area contributed by atoms with Crippen LogP contribution in [0.1, 0.15) is 20.9 Å². The second-order valence-electron chi connectivity index (χ2n) is 5.68. The Balaban J connectivity index is 1.64. The molecule has 1 aromatic heterocycles. The van der Waals surface area contributed by atoms with Gasteiger partial charge in [0.25, 0.3) is 5.91 Å². The van der Waals surface area contributed by atoms with Crippen molar-refractivity contribution < 1.29 is 14.0 Å². The van der Waals surface area contributed by atoms with Crippen molar-refractivity contribution in [2.24, 2.45) is 0 Å². The molecule has 0 atom stereocenters. The molecule has 0 unspecified atom stereocenters. The van der Waals surface area contributed by atoms with Gasteiger partial charge in [0.1, 0.15) is 15.7 Å². The van der Waals surface area contributed by atoms with Crippen LogP contribution in [0.15, 0.2) is 48.5 Å². The molecule has 3 aromatic rings. The zero-order chi connectivity index (χ0) is 19.4. The summed E-state index contributed by atoms with van der Waals surface area (Å²) in [6, 6.07) is 13.7. The van der Waals surface area contributed by atoms with Gasteiger partial charge >= 0.3 is 0 Å². The Bertz CT molecular complexity index is 972. The highest BCUT2D eigenvalue weighted by atomic mass is 35.5. The van der Waals surface area contributed by atoms with E-state index in [2.05, 4.69) is 15.8 Å². The number of hydrogen-bond donors (Lipinski definition) is 2. The molecule has 0 saturated heterocycles. The number of carbonyl (C=O) groups is 2. The number of hydrazine groups is 1. The molecule has 3 rings (SSSR count). The Hall–Kier alpha value is -2.77. The van der Waals surface area contributed by atoms with Gasteiger partial charge in [-0.05, 0) is 19.1 Å². The Kier molecular flexibility index (Phi) is 5.83. The monoisotopic (exact) mass is 403 g/mol. The van der Waals surface area contributed by atoms with Crippen LogP contribution in [0.5, 0.6) is 0 Å². The Morgan fingerprint density at radius 1 is 1.11 bits per heavy atom. The zero-order valence-electron chi connectivity index (χ0n) is 14.3. The summed E-state index contributed by atoms with van der Waals surface area (Å²) in [6.45, 7) is 1.72. The molecule has 0 spiro atoms. The first-order valence-corrected chi connectivity index (χ1v) is 9.20. The molecule has 0 aliphatic carbocycles. The number of thiazole rings is 1. The first-order chi connectivity index (χ1) is 13.0. The standard InChI is InChI=1S/C19H15ClFN3O2S/c1-11-17(27-19(22-11)12-6-3-2-4-7-12)18(26)24-23-16(25)10-13-14(20)8-5-9-15(13)21/h2-9H,10H2,1H3,(H,23,25)(H,24,26). The normalized spacial score (nSPS) is 10.5. The average molecular weight is 404 g/mol. The summed E-state index contributed by atoms with van der Waals surface area (Å²) in [5, 5.41) is 0.866. The summed E-state index contributed by atoms with van der Waals surface area (Å²) < 4.78 is 13.7. The van der Waals surface area contributed by atoms with E-state index >= 15 is 0 Å². The number of aryl methyl sites for hydroxylation is 1. The molecule has 8 heteroatoms. The molecular weight excluding hydrogens is 389 g/mol. The van der Waals surface area contributed by atoms with E-state index in [4.69, 9.17) is 11.6 Å². The highest BCUT2D eigenvalue weighted by Crippen LogP contribution is 2.27. The minimum Gasteiger partial charge on any atom is -0.273 e. The third kappa shape index (κ3) is 4.50. The highest BCUT2D eigenvalue weighted by Gasteiger charge is 2.17. The third-order valence-electron chi connectivity index (χ3n) is 3.74. The van der Waals surface area contributed by atoms with Crippen LogP contribution in [0.2, 0.25) is 5.02 Å². The van der Waals surface area contributed by atoms with Gasteiger partial charge in [0.15, 0.2) is 0 Å². The summed E-state index contributed by atoms with van der Waals surface area (Å²) in [6.07, 6.45) is -0.289. The number of benzene rings is 2. The summed E-state index contributed by atoms with van der Waals surface area (Å²) >= 11 is 7.13. The molecule has 1 heterocycles. The van der Waals surface area contributed by atoms with Gasteiger partial charge < -0.3 is 0 Å². The molecule has 0 fully saturated rings. The number of hydrogen-bond acceptors (Lipinski definition) is 4. The van der Waals surface area contributed by atoms with Crippen LogP contribution >= 0.6 is 22.9 Å². The lowest BCUT2D eigenvalue weighted by Gasteiger charge is -2.08. The van der Waals surface area contributed by atoms with E-state index in [0.29, 0.717) is 15.6 Å². The van der Waals surface area contributed by atoms with E-state index in [1.54, 1.807) is 6.92 Å². The molecule has 2 aromatic carbocycles. The van der Waals surface area contributed by atoms with Crippen molar-refractivity contribution in [2.45, 2.75) is 13.3 Å². The van der Waals surface area contributed by atoms with Crippen LogP contribution in [0.4, 0.5) is 4.39 Å².